The van der Waals surface area contributed by atoms with Crippen LogP contribution in [0.3, 0.4) is 0 Å². The lowest BCUT2D eigenvalue weighted by molar-refractivity contribution is 0.0771. The molecule has 0 unspecified atom stereocenters. The average Bonchev–Trinajstić information content (AvgIpc) is 3.46. The third-order valence-electron chi connectivity index (χ3n) is 5.62. The van der Waals surface area contributed by atoms with E-state index in [-0.39, 0.29) is 11.7 Å². The highest BCUT2D eigenvalue weighted by atomic mass is 19.1. The van der Waals surface area contributed by atoms with E-state index in [0.717, 1.165) is 31.0 Å². The highest BCUT2D eigenvalue weighted by molar-refractivity contribution is 6.01. The van der Waals surface area contributed by atoms with Gasteiger partial charge in [-0.25, -0.2) is 9.37 Å². The Kier molecular flexibility index (Phi) is 4.08. The predicted octanol–water partition coefficient (Wildman–Crippen LogP) is 3.09. The Morgan fingerprint density at radius 1 is 1.15 bits per heavy atom. The fourth-order valence-electron chi connectivity index (χ4n) is 3.93. The number of carbonyl (C=O) groups is 1. The number of rotatable bonds is 4. The second-order valence-electron chi connectivity index (χ2n) is 7.56. The first-order chi connectivity index (χ1) is 13.2. The first-order valence-corrected chi connectivity index (χ1v) is 9.61. The predicted molar refractivity (Wildman–Crippen MR) is 100 cm³/mol. The molecule has 0 atom stereocenters. The molecule has 1 amide bonds. The topological polar surface area (TPSA) is 45.7 Å². The van der Waals surface area contributed by atoms with E-state index in [4.69, 9.17) is 9.72 Å². The number of hydrogen-bond acceptors (Lipinski definition) is 4. The van der Waals surface area contributed by atoms with E-state index in [1.807, 2.05) is 17.0 Å². The molecule has 1 saturated heterocycles. The van der Waals surface area contributed by atoms with Crippen LogP contribution in [0.1, 0.15) is 28.8 Å². The van der Waals surface area contributed by atoms with Crippen LogP contribution >= 0.6 is 0 Å². The number of pyridine rings is 1. The van der Waals surface area contributed by atoms with Crippen LogP contribution in [0.25, 0.3) is 11.3 Å². The van der Waals surface area contributed by atoms with Gasteiger partial charge in [-0.15, -0.1) is 0 Å². The highest BCUT2D eigenvalue weighted by Gasteiger charge is 2.36. The zero-order valence-electron chi connectivity index (χ0n) is 15.2. The number of hydrogen-bond donors (Lipinski definition) is 0. The zero-order valence-corrected chi connectivity index (χ0v) is 15.2. The third kappa shape index (κ3) is 3.08. The van der Waals surface area contributed by atoms with Gasteiger partial charge in [0.25, 0.3) is 5.91 Å². The molecule has 2 aromatic rings. The second-order valence-corrected chi connectivity index (χ2v) is 7.56. The van der Waals surface area contributed by atoms with Gasteiger partial charge >= 0.3 is 0 Å². The van der Waals surface area contributed by atoms with E-state index in [0.29, 0.717) is 42.5 Å². The van der Waals surface area contributed by atoms with Crippen molar-refractivity contribution in [2.45, 2.75) is 19.4 Å². The Morgan fingerprint density at radius 2 is 1.93 bits per heavy atom. The van der Waals surface area contributed by atoms with Gasteiger partial charge in [0, 0.05) is 37.3 Å². The summed E-state index contributed by atoms with van der Waals surface area (Å²) in [6, 6.07) is 8.57. The van der Waals surface area contributed by atoms with E-state index in [1.54, 1.807) is 12.1 Å². The molecule has 1 saturated carbocycles. The van der Waals surface area contributed by atoms with Crippen LogP contribution in [0.2, 0.25) is 0 Å². The molecule has 5 nitrogen and oxygen atoms in total. The lowest BCUT2D eigenvalue weighted by Gasteiger charge is -2.28. The van der Waals surface area contributed by atoms with Crippen LogP contribution in [0.5, 0.6) is 0 Å². The summed E-state index contributed by atoms with van der Waals surface area (Å²) in [5.74, 6) is 1.09. The van der Waals surface area contributed by atoms with Crippen LogP contribution < -0.4 is 4.90 Å². The van der Waals surface area contributed by atoms with Gasteiger partial charge in [-0.1, -0.05) is 12.1 Å². The molecule has 1 aromatic carbocycles. The number of anilines is 1. The van der Waals surface area contributed by atoms with Gasteiger partial charge in [-0.05, 0) is 37.0 Å². The first-order valence-electron chi connectivity index (χ1n) is 9.61. The van der Waals surface area contributed by atoms with Crippen LogP contribution in [0.15, 0.2) is 30.3 Å². The fraction of sp³-hybridized carbons (Fsp3) is 0.429. The Labute approximate surface area is 157 Å². The largest absolute Gasteiger partial charge is 0.378 e. The van der Waals surface area contributed by atoms with Gasteiger partial charge in [0.2, 0.25) is 0 Å². The van der Waals surface area contributed by atoms with Crippen molar-refractivity contribution in [1.82, 2.24) is 9.88 Å². The number of carbonyl (C=O) groups excluding carboxylic acids is 1. The molecule has 3 heterocycles. The van der Waals surface area contributed by atoms with Crippen molar-refractivity contribution in [3.05, 3.63) is 47.3 Å². The van der Waals surface area contributed by atoms with E-state index in [2.05, 4.69) is 4.90 Å². The number of fused-ring (bicyclic) bond motifs is 1. The Balaban J connectivity index is 1.60. The van der Waals surface area contributed by atoms with Crippen molar-refractivity contribution in [3.8, 4) is 11.3 Å². The molecular formula is C21H22FN3O2. The number of benzene rings is 1. The van der Waals surface area contributed by atoms with Gasteiger partial charge in [0.1, 0.15) is 11.6 Å². The Bertz CT molecular complexity index is 891. The summed E-state index contributed by atoms with van der Waals surface area (Å²) >= 11 is 0. The summed E-state index contributed by atoms with van der Waals surface area (Å²) in [5, 5.41) is 0. The molecule has 5 rings (SSSR count). The third-order valence-corrected chi connectivity index (χ3v) is 5.62. The molecule has 6 heteroatoms. The minimum absolute atomic E-state index is 0.0476. The lowest BCUT2D eigenvalue weighted by atomic mass is 10.0. The molecular weight excluding hydrogens is 345 g/mol. The molecule has 0 bridgehead atoms. The molecule has 0 radical (unpaired) electrons. The molecule has 1 aliphatic carbocycles. The minimum atomic E-state index is -0.306. The molecule has 1 aromatic heterocycles. The summed E-state index contributed by atoms with van der Waals surface area (Å²) in [7, 11) is 0. The summed E-state index contributed by atoms with van der Waals surface area (Å²) < 4.78 is 20.0. The van der Waals surface area contributed by atoms with Crippen LogP contribution in [-0.2, 0) is 11.3 Å². The van der Waals surface area contributed by atoms with Gasteiger partial charge in [-0.3, -0.25) is 4.79 Å². The molecule has 140 valence electrons. The number of aromatic nitrogens is 1. The van der Waals surface area contributed by atoms with Crippen molar-refractivity contribution in [2.24, 2.45) is 5.92 Å². The van der Waals surface area contributed by atoms with Crippen molar-refractivity contribution in [3.63, 3.8) is 0 Å². The maximum absolute atomic E-state index is 14.6. The monoisotopic (exact) mass is 367 g/mol. The maximum atomic E-state index is 14.6. The summed E-state index contributed by atoms with van der Waals surface area (Å²) in [4.78, 5) is 21.9. The standard InChI is InChI=1S/C21H22FN3O2/c22-18-4-2-1-3-15(18)20-17-13-25(12-14-5-6-14)21(26)16(17)11-19(23-20)24-7-9-27-10-8-24/h1-4,11,14H,5-10,12-13H2. The fourth-order valence-corrected chi connectivity index (χ4v) is 3.93. The number of ether oxygens (including phenoxy) is 1. The maximum Gasteiger partial charge on any atom is 0.254 e. The van der Waals surface area contributed by atoms with E-state index in [1.165, 1.54) is 18.9 Å². The quantitative estimate of drug-likeness (QED) is 0.833. The minimum Gasteiger partial charge on any atom is -0.378 e. The molecule has 0 spiro atoms. The Morgan fingerprint density at radius 3 is 2.67 bits per heavy atom. The number of nitrogens with zero attached hydrogens (tertiary/aromatic N) is 3. The van der Waals surface area contributed by atoms with Crippen LogP contribution in [0.4, 0.5) is 10.2 Å². The number of morpholine rings is 1. The van der Waals surface area contributed by atoms with Gasteiger partial charge in [0.05, 0.1) is 24.5 Å². The zero-order chi connectivity index (χ0) is 18.4. The van der Waals surface area contributed by atoms with E-state index >= 15 is 0 Å². The van der Waals surface area contributed by atoms with Crippen LogP contribution in [0, 0.1) is 11.7 Å². The smallest absolute Gasteiger partial charge is 0.254 e. The number of amides is 1. The molecule has 2 aliphatic heterocycles. The first kappa shape index (κ1) is 16.7. The van der Waals surface area contributed by atoms with Crippen LogP contribution in [-0.4, -0.2) is 48.6 Å². The lowest BCUT2D eigenvalue weighted by Crippen LogP contribution is -2.37. The average molecular weight is 367 g/mol. The normalized spacial score (nSPS) is 19.5. The SMILES string of the molecule is O=C1c2cc(N3CCOCC3)nc(-c3ccccc3F)c2CN1CC1CC1. The van der Waals surface area contributed by atoms with Gasteiger partial charge in [-0.2, -0.15) is 0 Å². The Hall–Kier alpha value is -2.47. The summed E-state index contributed by atoms with van der Waals surface area (Å²) in [5.41, 5.74) is 2.58. The molecule has 3 aliphatic rings. The van der Waals surface area contributed by atoms with Crippen molar-refractivity contribution in [2.75, 3.05) is 37.7 Å². The second kappa shape index (κ2) is 6.60. The molecule has 0 N–H and O–H groups in total. The molecule has 2 fully saturated rings. The molecule has 27 heavy (non-hydrogen) atoms. The number of halogens is 1. The summed E-state index contributed by atoms with van der Waals surface area (Å²) in [6.45, 7) is 4.03. The van der Waals surface area contributed by atoms with Gasteiger partial charge < -0.3 is 14.5 Å². The van der Waals surface area contributed by atoms with Gasteiger partial charge in [0.15, 0.2) is 0 Å². The van der Waals surface area contributed by atoms with Crippen molar-refractivity contribution >= 4 is 11.7 Å². The van der Waals surface area contributed by atoms with Crippen molar-refractivity contribution < 1.29 is 13.9 Å². The van der Waals surface area contributed by atoms with E-state index in [9.17, 15) is 9.18 Å². The van der Waals surface area contributed by atoms with Crippen molar-refractivity contribution in [1.29, 1.82) is 0 Å². The van der Waals surface area contributed by atoms with E-state index < -0.39 is 0 Å². The highest BCUT2D eigenvalue weighted by Crippen LogP contribution is 2.38. The summed E-state index contributed by atoms with van der Waals surface area (Å²) in [6.07, 6.45) is 2.38.